The van der Waals surface area contributed by atoms with Crippen molar-refractivity contribution < 1.29 is 18.6 Å². The number of ether oxygens (including phenoxy) is 1. The Morgan fingerprint density at radius 2 is 2.00 bits per heavy atom. The van der Waals surface area contributed by atoms with Crippen molar-refractivity contribution in [3.63, 3.8) is 0 Å². The van der Waals surface area contributed by atoms with Gasteiger partial charge in [0.15, 0.2) is 5.82 Å². The number of hydrogen-bond acceptors (Lipinski definition) is 5. The van der Waals surface area contributed by atoms with Gasteiger partial charge in [-0.1, -0.05) is 24.6 Å². The Kier molecular flexibility index (Phi) is 6.07. The predicted molar refractivity (Wildman–Crippen MR) is 141 cm³/mol. The molecule has 2 saturated heterocycles. The van der Waals surface area contributed by atoms with Crippen LogP contribution in [0.15, 0.2) is 29.1 Å². The number of benzene rings is 2. The van der Waals surface area contributed by atoms with Gasteiger partial charge in [-0.15, -0.1) is 0 Å². The maximum absolute atomic E-state index is 16.7. The second kappa shape index (κ2) is 9.17. The van der Waals surface area contributed by atoms with Crippen LogP contribution in [0.1, 0.15) is 32.6 Å². The largest absolute Gasteiger partial charge is 0.507 e. The van der Waals surface area contributed by atoms with E-state index in [1.54, 1.807) is 6.07 Å². The first-order valence-corrected chi connectivity index (χ1v) is 13.3. The van der Waals surface area contributed by atoms with Crippen LogP contribution in [0.2, 0.25) is 5.02 Å². The maximum Gasteiger partial charge on any atom is 0.295 e. The molecule has 2 aromatic carbocycles. The number of anilines is 1. The standard InChI is InChI=1S/C28H30ClF2N3O3/c1-15-8-9-17-14-37-27-26(33(17)12-15)18-11-19(29)22(23-20(30)6-3-7-21(23)35)24(31)25(18)34(28(27)36)13-16-5-4-10-32(16)2/h3,6-7,11,15-17,35H,4-5,8-10,12-14H2,1-2H3/t15-,16-,17+/m0/s1. The summed E-state index contributed by atoms with van der Waals surface area (Å²) in [7, 11) is 2.00. The Balaban J connectivity index is 1.68. The van der Waals surface area contributed by atoms with Crippen LogP contribution < -0.4 is 15.2 Å². The highest BCUT2D eigenvalue weighted by molar-refractivity contribution is 6.34. The van der Waals surface area contributed by atoms with Gasteiger partial charge in [0.1, 0.15) is 18.2 Å². The molecule has 0 spiro atoms. The van der Waals surface area contributed by atoms with Crippen molar-refractivity contribution in [2.75, 3.05) is 31.6 Å². The Hall–Kier alpha value is -2.84. The summed E-state index contributed by atoms with van der Waals surface area (Å²) in [6.45, 7) is 4.46. The van der Waals surface area contributed by atoms with E-state index in [1.165, 1.54) is 16.7 Å². The normalized spacial score (nSPS) is 23.7. The van der Waals surface area contributed by atoms with E-state index >= 15 is 4.39 Å². The zero-order valence-corrected chi connectivity index (χ0v) is 21.7. The first-order valence-electron chi connectivity index (χ1n) is 12.9. The van der Waals surface area contributed by atoms with Gasteiger partial charge >= 0.3 is 0 Å². The summed E-state index contributed by atoms with van der Waals surface area (Å²) in [5.41, 5.74) is -0.345. The van der Waals surface area contributed by atoms with E-state index in [4.69, 9.17) is 16.3 Å². The average molecular weight is 530 g/mol. The molecule has 0 saturated carbocycles. The van der Waals surface area contributed by atoms with Gasteiger partial charge in [0.2, 0.25) is 5.75 Å². The molecule has 9 heteroatoms. The lowest BCUT2D eigenvalue weighted by Crippen LogP contribution is -2.50. The van der Waals surface area contributed by atoms with Crippen molar-refractivity contribution in [3.8, 4) is 22.6 Å². The first-order chi connectivity index (χ1) is 17.8. The van der Waals surface area contributed by atoms with Crippen molar-refractivity contribution in [3.05, 3.63) is 51.3 Å². The summed E-state index contributed by atoms with van der Waals surface area (Å²) < 4.78 is 39.1. The highest BCUT2D eigenvalue weighted by Gasteiger charge is 2.38. The number of piperidine rings is 1. The van der Waals surface area contributed by atoms with E-state index in [0.29, 0.717) is 23.6 Å². The highest BCUT2D eigenvalue weighted by Crippen LogP contribution is 2.47. The molecule has 3 aromatic rings. The Labute approximate surface area is 219 Å². The second-order valence-corrected chi connectivity index (χ2v) is 11.2. The molecule has 3 atom stereocenters. The molecule has 2 fully saturated rings. The van der Waals surface area contributed by atoms with Gasteiger partial charge in [0.25, 0.3) is 5.56 Å². The Bertz CT molecular complexity index is 1440. The van der Waals surface area contributed by atoms with E-state index < -0.39 is 22.9 Å². The molecule has 37 heavy (non-hydrogen) atoms. The fourth-order valence-corrected chi connectivity index (χ4v) is 6.62. The lowest BCUT2D eigenvalue weighted by Gasteiger charge is -2.44. The number of halogens is 3. The summed E-state index contributed by atoms with van der Waals surface area (Å²) in [6.07, 6.45) is 3.83. The molecule has 3 aliphatic heterocycles. The van der Waals surface area contributed by atoms with Crippen molar-refractivity contribution >= 4 is 28.2 Å². The molecule has 6 rings (SSSR count). The van der Waals surface area contributed by atoms with Crippen LogP contribution in [-0.4, -0.2) is 53.4 Å². The number of fused-ring (bicyclic) bond motifs is 5. The molecule has 0 bridgehead atoms. The molecule has 0 radical (unpaired) electrons. The molecule has 0 amide bonds. The molecule has 4 heterocycles. The molecule has 196 valence electrons. The van der Waals surface area contributed by atoms with Gasteiger partial charge in [-0.05, 0) is 63.4 Å². The highest BCUT2D eigenvalue weighted by atomic mass is 35.5. The van der Waals surface area contributed by atoms with Crippen molar-refractivity contribution in [1.29, 1.82) is 0 Å². The number of aromatic nitrogens is 1. The fourth-order valence-electron chi connectivity index (χ4n) is 6.34. The third kappa shape index (κ3) is 3.87. The van der Waals surface area contributed by atoms with Crippen LogP contribution in [0.5, 0.6) is 11.5 Å². The molecule has 6 nitrogen and oxygen atoms in total. The van der Waals surface area contributed by atoms with E-state index in [-0.39, 0.29) is 46.0 Å². The number of nitrogens with zero attached hydrogens (tertiary/aromatic N) is 3. The lowest BCUT2D eigenvalue weighted by molar-refractivity contribution is 0.220. The predicted octanol–water partition coefficient (Wildman–Crippen LogP) is 5.40. The zero-order chi connectivity index (χ0) is 26.0. The zero-order valence-electron chi connectivity index (χ0n) is 20.9. The third-order valence-electron chi connectivity index (χ3n) is 8.33. The Morgan fingerprint density at radius 1 is 1.19 bits per heavy atom. The van der Waals surface area contributed by atoms with Gasteiger partial charge in [-0.3, -0.25) is 4.79 Å². The van der Waals surface area contributed by atoms with Crippen molar-refractivity contribution in [2.45, 2.75) is 51.2 Å². The summed E-state index contributed by atoms with van der Waals surface area (Å²) in [6, 6.07) is 5.51. The number of likely N-dealkylation sites (N-methyl/N-ethyl adjacent to an activating group) is 1. The van der Waals surface area contributed by atoms with Crippen LogP contribution in [0.3, 0.4) is 0 Å². The molecule has 1 aromatic heterocycles. The SMILES string of the molecule is C[C@H]1CC[C@@H]2COc3c(c4cc(Cl)c(-c5c(O)cccc5F)c(F)c4n(C[C@@H]4CCCN4C)c3=O)N2C1. The molecule has 3 aliphatic rings. The molecular weight excluding hydrogens is 500 g/mol. The van der Waals surface area contributed by atoms with E-state index in [2.05, 4.69) is 16.7 Å². The lowest BCUT2D eigenvalue weighted by atomic mass is 9.91. The Morgan fingerprint density at radius 3 is 2.73 bits per heavy atom. The number of phenols is 1. The molecule has 0 aliphatic carbocycles. The van der Waals surface area contributed by atoms with Crippen molar-refractivity contribution in [1.82, 2.24) is 9.47 Å². The number of hydrogen-bond donors (Lipinski definition) is 1. The van der Waals surface area contributed by atoms with E-state index in [9.17, 15) is 14.3 Å². The summed E-state index contributed by atoms with van der Waals surface area (Å²) in [5.74, 6) is -1.42. The van der Waals surface area contributed by atoms with Gasteiger partial charge in [-0.2, -0.15) is 0 Å². The van der Waals surface area contributed by atoms with Crippen LogP contribution in [0.25, 0.3) is 22.0 Å². The van der Waals surface area contributed by atoms with Gasteiger partial charge < -0.3 is 24.2 Å². The monoisotopic (exact) mass is 529 g/mol. The first kappa shape index (κ1) is 24.5. The second-order valence-electron chi connectivity index (χ2n) is 10.7. The smallest absolute Gasteiger partial charge is 0.295 e. The minimum atomic E-state index is -0.823. The van der Waals surface area contributed by atoms with Crippen LogP contribution in [0, 0.1) is 17.6 Å². The average Bonchev–Trinajstić information content (AvgIpc) is 3.27. The third-order valence-corrected chi connectivity index (χ3v) is 8.63. The van der Waals surface area contributed by atoms with Crippen LogP contribution >= 0.6 is 11.6 Å². The summed E-state index contributed by atoms with van der Waals surface area (Å²) in [4.78, 5) is 18.3. The molecule has 0 unspecified atom stereocenters. The number of likely N-dealkylation sites (tertiary alicyclic amines) is 1. The summed E-state index contributed by atoms with van der Waals surface area (Å²) in [5, 5.41) is 10.9. The number of pyridine rings is 1. The van der Waals surface area contributed by atoms with Gasteiger partial charge in [-0.25, -0.2) is 8.78 Å². The minimum Gasteiger partial charge on any atom is -0.507 e. The quantitative estimate of drug-likeness (QED) is 0.492. The number of phenolic OH excluding ortho intramolecular Hbond substituents is 1. The maximum atomic E-state index is 16.7. The number of rotatable bonds is 3. The summed E-state index contributed by atoms with van der Waals surface area (Å²) >= 11 is 6.65. The number of aromatic hydroxyl groups is 1. The topological polar surface area (TPSA) is 57.9 Å². The molecular formula is C28H30ClF2N3O3. The van der Waals surface area contributed by atoms with E-state index in [1.807, 2.05) is 7.05 Å². The van der Waals surface area contributed by atoms with Crippen LogP contribution in [0.4, 0.5) is 14.5 Å². The van der Waals surface area contributed by atoms with Gasteiger partial charge in [0, 0.05) is 30.1 Å². The minimum absolute atomic E-state index is 0.0389. The molecule has 1 N–H and O–H groups in total. The fraction of sp³-hybridized carbons (Fsp3) is 0.464. The van der Waals surface area contributed by atoms with E-state index in [0.717, 1.165) is 44.8 Å². The van der Waals surface area contributed by atoms with Crippen LogP contribution in [-0.2, 0) is 6.54 Å². The van der Waals surface area contributed by atoms with Crippen molar-refractivity contribution in [2.24, 2.45) is 5.92 Å². The van der Waals surface area contributed by atoms with Gasteiger partial charge in [0.05, 0.1) is 27.8 Å².